The Kier molecular flexibility index (Phi) is 6.98. The fraction of sp³-hybridized carbons (Fsp3) is 0.579. The van der Waals surface area contributed by atoms with Gasteiger partial charge in [0.2, 0.25) is 5.91 Å². The molecule has 2 heterocycles. The molecule has 1 N–H and O–H groups in total. The number of carbonyl (C=O) groups is 2. The van der Waals surface area contributed by atoms with E-state index in [1.807, 2.05) is 6.92 Å². The summed E-state index contributed by atoms with van der Waals surface area (Å²) >= 11 is 12.0. The fourth-order valence-electron chi connectivity index (χ4n) is 3.68. The second kappa shape index (κ2) is 9.24. The maximum Gasteiger partial charge on any atom is 0.254 e. The number of morpholine rings is 1. The quantitative estimate of drug-likeness (QED) is 0.804. The largest absolute Gasteiger partial charge is 0.379 e. The summed E-state index contributed by atoms with van der Waals surface area (Å²) in [5, 5.41) is 3.88. The van der Waals surface area contributed by atoms with Crippen molar-refractivity contribution < 1.29 is 14.3 Å². The molecule has 8 heteroatoms. The van der Waals surface area contributed by atoms with Crippen LogP contribution in [0.25, 0.3) is 0 Å². The lowest BCUT2D eigenvalue weighted by Crippen LogP contribution is -2.51. The molecule has 148 valence electrons. The Labute approximate surface area is 169 Å². The van der Waals surface area contributed by atoms with Gasteiger partial charge >= 0.3 is 0 Å². The summed E-state index contributed by atoms with van der Waals surface area (Å²) in [5.41, 5.74) is 0.411. The Morgan fingerprint density at radius 2 is 1.85 bits per heavy atom. The number of nitrogens with one attached hydrogen (secondary N) is 1. The van der Waals surface area contributed by atoms with E-state index >= 15 is 0 Å². The second-order valence-corrected chi connectivity index (χ2v) is 8.01. The first kappa shape index (κ1) is 20.4. The lowest BCUT2D eigenvalue weighted by atomic mass is 10.1. The maximum atomic E-state index is 12.9. The first-order valence-electron chi connectivity index (χ1n) is 9.31. The predicted molar refractivity (Wildman–Crippen MR) is 105 cm³/mol. The van der Waals surface area contributed by atoms with Crippen LogP contribution in [0.1, 0.15) is 30.1 Å². The minimum Gasteiger partial charge on any atom is -0.379 e. The van der Waals surface area contributed by atoms with E-state index in [1.54, 1.807) is 23.1 Å². The van der Waals surface area contributed by atoms with Crippen molar-refractivity contribution in [3.05, 3.63) is 33.8 Å². The highest BCUT2D eigenvalue weighted by atomic mass is 35.5. The second-order valence-electron chi connectivity index (χ2n) is 7.14. The molecule has 0 bridgehead atoms. The van der Waals surface area contributed by atoms with Crippen LogP contribution in [0.4, 0.5) is 0 Å². The summed E-state index contributed by atoms with van der Waals surface area (Å²) < 4.78 is 5.35. The van der Waals surface area contributed by atoms with Crippen LogP contribution in [0.15, 0.2) is 18.2 Å². The van der Waals surface area contributed by atoms with E-state index in [9.17, 15) is 9.59 Å². The average Bonchev–Trinajstić information content (AvgIpc) is 3.10. The van der Waals surface area contributed by atoms with Crippen molar-refractivity contribution in [2.45, 2.75) is 31.8 Å². The molecular formula is C19H25Cl2N3O3. The molecule has 6 nitrogen and oxygen atoms in total. The first-order valence-corrected chi connectivity index (χ1v) is 10.1. The van der Waals surface area contributed by atoms with E-state index in [1.165, 1.54) is 0 Å². The Morgan fingerprint density at radius 3 is 2.52 bits per heavy atom. The molecule has 2 unspecified atom stereocenters. The first-order chi connectivity index (χ1) is 12.9. The Hall–Kier alpha value is -1.34. The molecule has 2 atom stereocenters. The van der Waals surface area contributed by atoms with Gasteiger partial charge in [-0.3, -0.25) is 14.5 Å². The van der Waals surface area contributed by atoms with Gasteiger partial charge in [0.25, 0.3) is 5.91 Å². The number of amides is 2. The minimum atomic E-state index is -0.456. The van der Waals surface area contributed by atoms with Crippen molar-refractivity contribution in [1.82, 2.24) is 15.1 Å². The van der Waals surface area contributed by atoms with Gasteiger partial charge in [0.1, 0.15) is 6.04 Å². The van der Waals surface area contributed by atoms with E-state index in [-0.39, 0.29) is 17.9 Å². The third kappa shape index (κ3) is 5.35. The summed E-state index contributed by atoms with van der Waals surface area (Å²) in [5.74, 6) is -0.312. The summed E-state index contributed by atoms with van der Waals surface area (Å²) in [4.78, 5) is 29.6. The summed E-state index contributed by atoms with van der Waals surface area (Å²) in [6.45, 7) is 6.54. The van der Waals surface area contributed by atoms with Crippen LogP contribution in [-0.2, 0) is 9.53 Å². The van der Waals surface area contributed by atoms with E-state index in [0.717, 1.165) is 39.3 Å². The van der Waals surface area contributed by atoms with Crippen LogP contribution >= 0.6 is 23.2 Å². The monoisotopic (exact) mass is 413 g/mol. The number of hydrogen-bond donors (Lipinski definition) is 1. The fourth-order valence-corrected chi connectivity index (χ4v) is 4.21. The normalized spacial score (nSPS) is 21.9. The van der Waals surface area contributed by atoms with E-state index in [0.29, 0.717) is 28.6 Å². The molecule has 3 rings (SSSR count). The van der Waals surface area contributed by atoms with Crippen molar-refractivity contribution in [1.29, 1.82) is 0 Å². The molecule has 0 aromatic heterocycles. The molecule has 0 aliphatic carbocycles. The van der Waals surface area contributed by atoms with Gasteiger partial charge in [-0.15, -0.1) is 0 Å². The number of rotatable bonds is 5. The number of carbonyl (C=O) groups excluding carboxylic acids is 2. The number of ether oxygens (including phenoxy) is 1. The van der Waals surface area contributed by atoms with Gasteiger partial charge in [0.05, 0.1) is 13.2 Å². The third-order valence-corrected chi connectivity index (χ3v) is 5.39. The highest BCUT2D eigenvalue weighted by molar-refractivity contribution is 6.35. The Morgan fingerprint density at radius 1 is 1.19 bits per heavy atom. The van der Waals surface area contributed by atoms with Crippen LogP contribution in [0.5, 0.6) is 0 Å². The zero-order valence-corrected chi connectivity index (χ0v) is 16.9. The van der Waals surface area contributed by atoms with Gasteiger partial charge in [-0.1, -0.05) is 23.2 Å². The van der Waals surface area contributed by atoms with Gasteiger partial charge in [-0.2, -0.15) is 0 Å². The lowest BCUT2D eigenvalue weighted by Gasteiger charge is -2.30. The topological polar surface area (TPSA) is 61.9 Å². The lowest BCUT2D eigenvalue weighted by molar-refractivity contribution is -0.125. The number of benzene rings is 1. The summed E-state index contributed by atoms with van der Waals surface area (Å²) in [6.07, 6.45) is 1.46. The number of nitrogens with zero attached hydrogens (tertiary/aromatic N) is 2. The molecule has 0 radical (unpaired) electrons. The average molecular weight is 414 g/mol. The van der Waals surface area contributed by atoms with Crippen molar-refractivity contribution in [2.24, 2.45) is 0 Å². The molecule has 1 aromatic carbocycles. The van der Waals surface area contributed by atoms with Crippen LogP contribution in [0, 0.1) is 0 Å². The van der Waals surface area contributed by atoms with Crippen LogP contribution in [0.3, 0.4) is 0 Å². The molecule has 2 fully saturated rings. The predicted octanol–water partition coefficient (Wildman–Crippen LogP) is 2.43. The van der Waals surface area contributed by atoms with Crippen molar-refractivity contribution in [3.8, 4) is 0 Å². The number of halogens is 2. The number of hydrogen-bond acceptors (Lipinski definition) is 4. The van der Waals surface area contributed by atoms with Crippen molar-refractivity contribution >= 4 is 35.0 Å². The highest BCUT2D eigenvalue weighted by Crippen LogP contribution is 2.24. The van der Waals surface area contributed by atoms with Crippen LogP contribution in [-0.4, -0.2) is 73.1 Å². The van der Waals surface area contributed by atoms with Gasteiger partial charge in [-0.05, 0) is 38.0 Å². The SMILES string of the molecule is CC(CN1CCOCC1)NC(=O)C1CCCN1C(=O)c1cc(Cl)cc(Cl)c1. The van der Waals surface area contributed by atoms with E-state index < -0.39 is 6.04 Å². The van der Waals surface area contributed by atoms with Crippen LogP contribution < -0.4 is 5.32 Å². The molecular weight excluding hydrogens is 389 g/mol. The van der Waals surface area contributed by atoms with Crippen molar-refractivity contribution in [2.75, 3.05) is 39.4 Å². The minimum absolute atomic E-state index is 0.00812. The third-order valence-electron chi connectivity index (χ3n) is 4.95. The summed E-state index contributed by atoms with van der Waals surface area (Å²) in [7, 11) is 0. The molecule has 2 aliphatic heterocycles. The van der Waals surface area contributed by atoms with Crippen LogP contribution in [0.2, 0.25) is 10.0 Å². The van der Waals surface area contributed by atoms with Gasteiger partial charge in [-0.25, -0.2) is 0 Å². The maximum absolute atomic E-state index is 12.9. The smallest absolute Gasteiger partial charge is 0.254 e. The zero-order chi connectivity index (χ0) is 19.4. The number of likely N-dealkylation sites (tertiary alicyclic amines) is 1. The summed E-state index contributed by atoms with van der Waals surface area (Å²) in [6, 6.07) is 4.31. The van der Waals surface area contributed by atoms with Crippen molar-refractivity contribution in [3.63, 3.8) is 0 Å². The molecule has 1 aromatic rings. The van der Waals surface area contributed by atoms with Gasteiger partial charge in [0, 0.05) is 47.8 Å². The molecule has 2 amide bonds. The van der Waals surface area contributed by atoms with E-state index in [4.69, 9.17) is 27.9 Å². The Bertz CT molecular complexity index is 675. The molecule has 0 spiro atoms. The van der Waals surface area contributed by atoms with Gasteiger partial charge < -0.3 is 15.0 Å². The van der Waals surface area contributed by atoms with E-state index in [2.05, 4.69) is 10.2 Å². The standard InChI is InChI=1S/C19H25Cl2N3O3/c1-13(12-23-5-7-27-8-6-23)22-18(25)17-3-2-4-24(17)19(26)14-9-15(20)11-16(21)10-14/h9-11,13,17H,2-8,12H2,1H3,(H,22,25). The highest BCUT2D eigenvalue weighted by Gasteiger charge is 2.35. The van der Waals surface area contributed by atoms with Gasteiger partial charge in [0.15, 0.2) is 0 Å². The molecule has 2 saturated heterocycles. The molecule has 27 heavy (non-hydrogen) atoms. The molecule has 0 saturated carbocycles. The molecule has 2 aliphatic rings. The Balaban J connectivity index is 1.60. The zero-order valence-electron chi connectivity index (χ0n) is 15.4.